The summed E-state index contributed by atoms with van der Waals surface area (Å²) in [5, 5.41) is 15.8. The molecular formula is C19H23N5O4S2. The second-order valence-corrected chi connectivity index (χ2v) is 9.65. The predicted molar refractivity (Wildman–Crippen MR) is 116 cm³/mol. The minimum Gasteiger partial charge on any atom is -0.478 e. The van der Waals surface area contributed by atoms with Crippen LogP contribution in [0.25, 0.3) is 0 Å². The van der Waals surface area contributed by atoms with Crippen LogP contribution in [0.3, 0.4) is 0 Å². The molecule has 3 aromatic rings. The van der Waals surface area contributed by atoms with Gasteiger partial charge in [0.25, 0.3) is 10.0 Å². The van der Waals surface area contributed by atoms with E-state index >= 15 is 0 Å². The number of anilines is 2. The Kier molecular flexibility index (Phi) is 6.42. The lowest BCUT2D eigenvalue weighted by Crippen LogP contribution is -2.23. The normalized spacial score (nSPS) is 11.4. The highest BCUT2D eigenvalue weighted by atomic mass is 32.2. The Morgan fingerprint density at radius 1 is 1.37 bits per heavy atom. The molecule has 0 aliphatic heterocycles. The van der Waals surface area contributed by atoms with E-state index in [2.05, 4.69) is 21.7 Å². The monoisotopic (exact) mass is 449 g/mol. The number of sulfonamides is 1. The first-order valence-electron chi connectivity index (χ1n) is 9.25. The molecule has 3 heterocycles. The van der Waals surface area contributed by atoms with Gasteiger partial charge in [0.1, 0.15) is 15.6 Å². The van der Waals surface area contributed by atoms with Crippen molar-refractivity contribution in [2.45, 2.75) is 37.6 Å². The summed E-state index contributed by atoms with van der Waals surface area (Å²) in [7, 11) is -2.05. The molecule has 0 saturated heterocycles. The van der Waals surface area contributed by atoms with Crippen LogP contribution in [0, 0.1) is 6.92 Å². The molecule has 0 bridgehead atoms. The third kappa shape index (κ3) is 4.79. The maximum atomic E-state index is 12.4. The van der Waals surface area contributed by atoms with Crippen molar-refractivity contribution in [2.24, 2.45) is 0 Å². The number of aryl methyl sites for hydroxylation is 2. The van der Waals surface area contributed by atoms with Gasteiger partial charge in [-0.05, 0) is 36.9 Å². The van der Waals surface area contributed by atoms with E-state index in [1.165, 1.54) is 18.3 Å². The number of aromatic nitrogens is 3. The van der Waals surface area contributed by atoms with E-state index in [-0.39, 0.29) is 21.3 Å². The molecule has 0 spiro atoms. The average molecular weight is 450 g/mol. The smallest absolute Gasteiger partial charge is 0.339 e. The Labute approximate surface area is 179 Å². The van der Waals surface area contributed by atoms with Gasteiger partial charge in [0.15, 0.2) is 0 Å². The predicted octanol–water partition coefficient (Wildman–Crippen LogP) is 3.19. The third-order valence-corrected chi connectivity index (χ3v) is 7.07. The van der Waals surface area contributed by atoms with E-state index in [0.29, 0.717) is 6.54 Å². The summed E-state index contributed by atoms with van der Waals surface area (Å²) in [4.78, 5) is 17.8. The van der Waals surface area contributed by atoms with Crippen molar-refractivity contribution >= 4 is 38.8 Å². The number of hydrogen-bond donors (Lipinski definition) is 2. The molecule has 0 saturated carbocycles. The fraction of sp³-hybridized carbons (Fsp3) is 0.316. The molecule has 0 aliphatic carbocycles. The molecule has 0 fully saturated rings. The maximum Gasteiger partial charge on any atom is 0.339 e. The molecule has 9 nitrogen and oxygen atoms in total. The number of nitrogens with one attached hydrogen (secondary N) is 1. The first-order chi connectivity index (χ1) is 14.2. The molecule has 0 unspecified atom stereocenters. The van der Waals surface area contributed by atoms with Gasteiger partial charge in [0, 0.05) is 13.6 Å². The van der Waals surface area contributed by atoms with Crippen LogP contribution in [0.5, 0.6) is 0 Å². The molecule has 0 radical (unpaired) electrons. The highest BCUT2D eigenvalue weighted by Crippen LogP contribution is 2.25. The largest absolute Gasteiger partial charge is 0.478 e. The molecule has 0 atom stereocenters. The second kappa shape index (κ2) is 8.84. The van der Waals surface area contributed by atoms with Gasteiger partial charge in [0.05, 0.1) is 29.8 Å². The minimum atomic E-state index is -3.79. The number of hydrogen-bond acceptors (Lipinski definition) is 7. The molecule has 160 valence electrons. The van der Waals surface area contributed by atoms with Gasteiger partial charge in [0.2, 0.25) is 0 Å². The Bertz CT molecular complexity index is 1140. The SMILES string of the molecule is CCCn1nc(C)cc1CN(C)c1ncc(NS(=O)(=O)c2cccs2)cc1C(=O)O. The number of thiophene rings is 1. The van der Waals surface area contributed by atoms with Crippen LogP contribution in [-0.2, 0) is 23.1 Å². The first kappa shape index (κ1) is 21.8. The van der Waals surface area contributed by atoms with E-state index < -0.39 is 16.0 Å². The number of aromatic carboxylic acids is 1. The van der Waals surface area contributed by atoms with E-state index in [0.717, 1.165) is 35.7 Å². The van der Waals surface area contributed by atoms with Gasteiger partial charge in [-0.2, -0.15) is 5.10 Å². The summed E-state index contributed by atoms with van der Waals surface area (Å²) >= 11 is 1.07. The molecule has 3 aromatic heterocycles. The quantitative estimate of drug-likeness (QED) is 0.515. The summed E-state index contributed by atoms with van der Waals surface area (Å²) in [5.74, 6) is -0.955. The van der Waals surface area contributed by atoms with Crippen molar-refractivity contribution in [1.82, 2.24) is 14.8 Å². The van der Waals surface area contributed by atoms with E-state index in [1.54, 1.807) is 23.4 Å². The Morgan fingerprint density at radius 2 is 2.13 bits per heavy atom. The lowest BCUT2D eigenvalue weighted by Gasteiger charge is -2.21. The summed E-state index contributed by atoms with van der Waals surface area (Å²) in [6.07, 6.45) is 2.24. The van der Waals surface area contributed by atoms with Crippen molar-refractivity contribution in [3.63, 3.8) is 0 Å². The van der Waals surface area contributed by atoms with Gasteiger partial charge in [-0.1, -0.05) is 13.0 Å². The molecule has 2 N–H and O–H groups in total. The van der Waals surface area contributed by atoms with Crippen LogP contribution < -0.4 is 9.62 Å². The van der Waals surface area contributed by atoms with Gasteiger partial charge >= 0.3 is 5.97 Å². The van der Waals surface area contributed by atoms with Crippen LogP contribution >= 0.6 is 11.3 Å². The summed E-state index contributed by atoms with van der Waals surface area (Å²) in [6, 6.07) is 6.34. The minimum absolute atomic E-state index is 0.0878. The lowest BCUT2D eigenvalue weighted by atomic mass is 10.2. The summed E-state index contributed by atoms with van der Waals surface area (Å²) < 4.78 is 29.2. The highest BCUT2D eigenvalue weighted by molar-refractivity contribution is 7.94. The van der Waals surface area contributed by atoms with Gasteiger partial charge in [-0.15, -0.1) is 11.3 Å². The highest BCUT2D eigenvalue weighted by Gasteiger charge is 2.21. The molecule has 30 heavy (non-hydrogen) atoms. The Balaban J connectivity index is 1.88. The van der Waals surface area contributed by atoms with Gasteiger partial charge in [-0.25, -0.2) is 18.2 Å². The van der Waals surface area contributed by atoms with Crippen molar-refractivity contribution < 1.29 is 18.3 Å². The fourth-order valence-electron chi connectivity index (χ4n) is 3.05. The standard InChI is InChI=1S/C19H23N5O4S2/c1-4-7-24-15(9-13(2)21-24)12-23(3)18-16(19(25)26)10-14(11-20-18)22-30(27,28)17-6-5-8-29-17/h5-6,8-11,22H,4,7,12H2,1-3H3,(H,25,26). The van der Waals surface area contributed by atoms with Crippen LogP contribution in [-0.4, -0.2) is 41.3 Å². The number of rotatable bonds is 9. The fourth-order valence-corrected chi connectivity index (χ4v) is 5.07. The summed E-state index contributed by atoms with van der Waals surface area (Å²) in [5.41, 5.74) is 1.82. The van der Waals surface area contributed by atoms with Crippen LogP contribution in [0.2, 0.25) is 0 Å². The maximum absolute atomic E-state index is 12.4. The summed E-state index contributed by atoms with van der Waals surface area (Å²) in [6.45, 7) is 5.14. The molecule has 0 aromatic carbocycles. The van der Waals surface area contributed by atoms with Crippen LogP contribution in [0.15, 0.2) is 40.1 Å². The molecule has 0 amide bonds. The van der Waals surface area contributed by atoms with Crippen molar-refractivity contribution in [3.8, 4) is 0 Å². The number of pyridine rings is 1. The first-order valence-corrected chi connectivity index (χ1v) is 11.6. The zero-order valence-corrected chi connectivity index (χ0v) is 18.5. The molecule has 3 rings (SSSR count). The zero-order chi connectivity index (χ0) is 21.9. The third-order valence-electron chi connectivity index (χ3n) is 4.29. The van der Waals surface area contributed by atoms with E-state index in [9.17, 15) is 18.3 Å². The molecular weight excluding hydrogens is 426 g/mol. The molecule has 11 heteroatoms. The van der Waals surface area contributed by atoms with E-state index in [1.807, 2.05) is 17.7 Å². The Morgan fingerprint density at radius 3 is 2.77 bits per heavy atom. The van der Waals surface area contributed by atoms with Gasteiger partial charge < -0.3 is 10.0 Å². The topological polar surface area (TPSA) is 117 Å². The second-order valence-electron chi connectivity index (χ2n) is 6.79. The zero-order valence-electron chi connectivity index (χ0n) is 16.9. The Hall–Kier alpha value is -2.92. The van der Waals surface area contributed by atoms with Crippen LogP contribution in [0.1, 0.15) is 35.1 Å². The van der Waals surface area contributed by atoms with Crippen LogP contribution in [0.4, 0.5) is 11.5 Å². The van der Waals surface area contributed by atoms with Gasteiger partial charge in [-0.3, -0.25) is 9.40 Å². The van der Waals surface area contributed by atoms with E-state index in [4.69, 9.17) is 0 Å². The number of nitrogens with zero attached hydrogens (tertiary/aromatic N) is 4. The molecule has 0 aliphatic rings. The number of carbonyl (C=O) groups is 1. The van der Waals surface area contributed by atoms with Crippen molar-refractivity contribution in [3.05, 3.63) is 52.8 Å². The average Bonchev–Trinajstić information content (AvgIpc) is 3.32. The number of carboxylic acids is 1. The number of carboxylic acid groups (broad SMARTS) is 1. The van der Waals surface area contributed by atoms with Crippen molar-refractivity contribution in [1.29, 1.82) is 0 Å². The van der Waals surface area contributed by atoms with Crippen molar-refractivity contribution in [2.75, 3.05) is 16.7 Å². The lowest BCUT2D eigenvalue weighted by molar-refractivity contribution is 0.0697.